The van der Waals surface area contributed by atoms with E-state index in [1.807, 2.05) is 39.3 Å². The summed E-state index contributed by atoms with van der Waals surface area (Å²) in [5.41, 5.74) is -0.495. The molecule has 0 unspecified atom stereocenters. The predicted octanol–water partition coefficient (Wildman–Crippen LogP) is 0.406. The van der Waals surface area contributed by atoms with E-state index in [0.29, 0.717) is 25.6 Å². The van der Waals surface area contributed by atoms with Crippen LogP contribution in [0.1, 0.15) is 38.8 Å². The lowest BCUT2D eigenvalue weighted by molar-refractivity contribution is 0.0389. The van der Waals surface area contributed by atoms with Crippen LogP contribution in [0.15, 0.2) is 4.99 Å². The molecule has 0 spiro atoms. The van der Waals surface area contributed by atoms with Gasteiger partial charge in [0.25, 0.3) is 0 Å². The highest BCUT2D eigenvalue weighted by molar-refractivity contribution is 5.79. The number of aryl methyl sites for hydroxylation is 1. The number of guanidine groups is 1. The maximum Gasteiger partial charge on any atom is 0.407 e. The molecular formula is C20H38N8O3. The van der Waals surface area contributed by atoms with Gasteiger partial charge in [0.2, 0.25) is 0 Å². The summed E-state index contributed by atoms with van der Waals surface area (Å²) in [5.74, 6) is 2.37. The van der Waals surface area contributed by atoms with E-state index in [2.05, 4.69) is 36.0 Å². The first kappa shape index (κ1) is 24.9. The van der Waals surface area contributed by atoms with Crippen molar-refractivity contribution in [2.45, 2.75) is 46.3 Å². The zero-order valence-electron chi connectivity index (χ0n) is 19.5. The third-order valence-corrected chi connectivity index (χ3v) is 4.70. The predicted molar refractivity (Wildman–Crippen MR) is 119 cm³/mol. The van der Waals surface area contributed by atoms with Crippen molar-refractivity contribution in [2.24, 2.45) is 12.0 Å². The van der Waals surface area contributed by atoms with Crippen LogP contribution in [0.2, 0.25) is 0 Å². The first-order valence-corrected chi connectivity index (χ1v) is 10.9. The van der Waals surface area contributed by atoms with Gasteiger partial charge in [0.15, 0.2) is 11.8 Å². The molecule has 0 radical (unpaired) electrons. The second kappa shape index (κ2) is 12.5. The number of nitrogens with zero attached hydrogens (tertiary/aromatic N) is 5. The van der Waals surface area contributed by atoms with E-state index in [4.69, 9.17) is 9.47 Å². The average molecular weight is 439 g/mol. The average Bonchev–Trinajstić information content (AvgIpc) is 3.03. The Kier molecular flexibility index (Phi) is 9.99. The number of alkyl carbamates (subject to hydrolysis) is 1. The number of hydrogen-bond donors (Lipinski definition) is 3. The van der Waals surface area contributed by atoms with Gasteiger partial charge in [0.1, 0.15) is 18.0 Å². The SMILES string of the molecule is Cc1nnc(CN=C(NCCCNC(=O)OC(C)(C)C)NCCN2CCOCC2)n1C. The van der Waals surface area contributed by atoms with Crippen LogP contribution in [0.3, 0.4) is 0 Å². The molecule has 0 atom stereocenters. The Morgan fingerprint density at radius 3 is 2.45 bits per heavy atom. The van der Waals surface area contributed by atoms with Gasteiger partial charge in [-0.25, -0.2) is 9.79 Å². The minimum Gasteiger partial charge on any atom is -0.444 e. The third kappa shape index (κ3) is 9.97. The van der Waals surface area contributed by atoms with Crippen molar-refractivity contribution in [2.75, 3.05) is 52.5 Å². The number of aliphatic imine (C=N–C) groups is 1. The van der Waals surface area contributed by atoms with E-state index in [-0.39, 0.29) is 0 Å². The fraction of sp³-hybridized carbons (Fsp3) is 0.800. The van der Waals surface area contributed by atoms with Gasteiger partial charge < -0.3 is 30.0 Å². The fourth-order valence-corrected chi connectivity index (χ4v) is 2.87. The molecule has 0 aliphatic carbocycles. The van der Waals surface area contributed by atoms with Gasteiger partial charge in [-0.1, -0.05) is 0 Å². The molecular weight excluding hydrogens is 400 g/mol. The van der Waals surface area contributed by atoms with Crippen molar-refractivity contribution in [1.82, 2.24) is 35.6 Å². The fourth-order valence-electron chi connectivity index (χ4n) is 2.87. The van der Waals surface area contributed by atoms with Crippen molar-refractivity contribution in [1.29, 1.82) is 0 Å². The van der Waals surface area contributed by atoms with Gasteiger partial charge in [-0.15, -0.1) is 10.2 Å². The summed E-state index contributed by atoms with van der Waals surface area (Å²) in [7, 11) is 1.93. The molecule has 1 fully saturated rings. The lowest BCUT2D eigenvalue weighted by Crippen LogP contribution is -2.45. The third-order valence-electron chi connectivity index (χ3n) is 4.70. The van der Waals surface area contributed by atoms with E-state index < -0.39 is 11.7 Å². The molecule has 176 valence electrons. The molecule has 0 aromatic carbocycles. The van der Waals surface area contributed by atoms with E-state index in [0.717, 1.165) is 57.5 Å². The van der Waals surface area contributed by atoms with Crippen LogP contribution in [0.4, 0.5) is 4.79 Å². The summed E-state index contributed by atoms with van der Waals surface area (Å²) < 4.78 is 12.6. The highest BCUT2D eigenvalue weighted by Gasteiger charge is 2.15. The van der Waals surface area contributed by atoms with Crippen molar-refractivity contribution < 1.29 is 14.3 Å². The van der Waals surface area contributed by atoms with Gasteiger partial charge in [-0.2, -0.15) is 0 Å². The molecule has 1 saturated heterocycles. The number of morpholine rings is 1. The summed E-state index contributed by atoms with van der Waals surface area (Å²) >= 11 is 0. The lowest BCUT2D eigenvalue weighted by atomic mass is 10.2. The van der Waals surface area contributed by atoms with Crippen LogP contribution in [-0.2, 0) is 23.1 Å². The van der Waals surface area contributed by atoms with E-state index in [1.54, 1.807) is 0 Å². The highest BCUT2D eigenvalue weighted by atomic mass is 16.6. The summed E-state index contributed by atoms with van der Waals surface area (Å²) in [6, 6.07) is 0. The Balaban J connectivity index is 1.78. The van der Waals surface area contributed by atoms with Crippen LogP contribution < -0.4 is 16.0 Å². The lowest BCUT2D eigenvalue weighted by Gasteiger charge is -2.26. The van der Waals surface area contributed by atoms with E-state index in [1.165, 1.54) is 0 Å². The van der Waals surface area contributed by atoms with Gasteiger partial charge in [0.05, 0.1) is 13.2 Å². The van der Waals surface area contributed by atoms with E-state index >= 15 is 0 Å². The quantitative estimate of drug-likeness (QED) is 0.288. The maximum absolute atomic E-state index is 11.7. The zero-order valence-corrected chi connectivity index (χ0v) is 19.5. The van der Waals surface area contributed by atoms with Crippen LogP contribution in [-0.4, -0.2) is 89.8 Å². The first-order chi connectivity index (χ1) is 14.7. The molecule has 0 saturated carbocycles. The minimum absolute atomic E-state index is 0.400. The number of nitrogens with one attached hydrogen (secondary N) is 3. The molecule has 11 nitrogen and oxygen atoms in total. The first-order valence-electron chi connectivity index (χ1n) is 10.9. The standard InChI is InChI=1S/C20H38N8O3/c1-16-25-26-17(27(16)5)15-24-18(22-9-10-28-11-13-30-14-12-28)21-7-6-8-23-19(29)31-20(2,3)4/h6-15H2,1-5H3,(H,23,29)(H2,21,22,24). The van der Waals surface area contributed by atoms with Gasteiger partial charge in [0, 0.05) is 46.3 Å². The highest BCUT2D eigenvalue weighted by Crippen LogP contribution is 2.06. The molecule has 1 amide bonds. The molecule has 1 aliphatic rings. The molecule has 1 aliphatic heterocycles. The van der Waals surface area contributed by atoms with Crippen LogP contribution in [0, 0.1) is 6.92 Å². The topological polar surface area (TPSA) is 118 Å². The molecule has 31 heavy (non-hydrogen) atoms. The molecule has 11 heteroatoms. The Labute approximate surface area is 185 Å². The van der Waals surface area contributed by atoms with Gasteiger partial charge in [-0.3, -0.25) is 4.90 Å². The second-order valence-corrected chi connectivity index (χ2v) is 8.48. The number of carbonyl (C=O) groups excluding carboxylic acids is 1. The van der Waals surface area contributed by atoms with Crippen LogP contribution in [0.25, 0.3) is 0 Å². The number of carbonyl (C=O) groups is 1. The Morgan fingerprint density at radius 2 is 1.81 bits per heavy atom. The summed E-state index contributed by atoms with van der Waals surface area (Å²) in [6.07, 6.45) is 0.342. The molecule has 1 aromatic rings. The molecule has 3 N–H and O–H groups in total. The van der Waals surface area contributed by atoms with Crippen molar-refractivity contribution >= 4 is 12.1 Å². The molecule has 2 rings (SSSR count). The van der Waals surface area contributed by atoms with Crippen LogP contribution in [0.5, 0.6) is 0 Å². The Bertz CT molecular complexity index is 708. The largest absolute Gasteiger partial charge is 0.444 e. The van der Waals surface area contributed by atoms with Crippen molar-refractivity contribution in [3.63, 3.8) is 0 Å². The zero-order chi connectivity index (χ0) is 22.7. The monoisotopic (exact) mass is 438 g/mol. The molecule has 1 aromatic heterocycles. The van der Waals surface area contributed by atoms with Gasteiger partial charge >= 0.3 is 6.09 Å². The number of hydrogen-bond acceptors (Lipinski definition) is 7. The Hall–Kier alpha value is -2.40. The van der Waals surface area contributed by atoms with E-state index in [9.17, 15) is 4.79 Å². The number of ether oxygens (including phenoxy) is 2. The van der Waals surface area contributed by atoms with Crippen molar-refractivity contribution in [3.8, 4) is 0 Å². The number of amides is 1. The van der Waals surface area contributed by atoms with Crippen LogP contribution >= 0.6 is 0 Å². The Morgan fingerprint density at radius 1 is 1.13 bits per heavy atom. The normalized spacial score (nSPS) is 15.6. The number of rotatable bonds is 9. The molecule has 0 bridgehead atoms. The van der Waals surface area contributed by atoms with Gasteiger partial charge in [-0.05, 0) is 34.1 Å². The van der Waals surface area contributed by atoms with Crippen molar-refractivity contribution in [3.05, 3.63) is 11.6 Å². The summed E-state index contributed by atoms with van der Waals surface area (Å²) in [6.45, 7) is 14.2. The maximum atomic E-state index is 11.7. The summed E-state index contributed by atoms with van der Waals surface area (Å²) in [5, 5.41) is 17.7. The second-order valence-electron chi connectivity index (χ2n) is 8.48. The smallest absolute Gasteiger partial charge is 0.407 e. The number of aromatic nitrogens is 3. The minimum atomic E-state index is -0.495. The molecule has 2 heterocycles. The summed E-state index contributed by atoms with van der Waals surface area (Å²) in [4.78, 5) is 18.7.